The average Bonchev–Trinajstić information content (AvgIpc) is 3.09. The number of rotatable bonds is 16. The largest absolute Gasteiger partial charge is 0.395 e. The molecular formula is C53H114N8O4. The Morgan fingerprint density at radius 3 is 1.00 bits per heavy atom. The second-order valence-corrected chi connectivity index (χ2v) is 26.2. The molecule has 0 aromatic rings. The van der Waals surface area contributed by atoms with Crippen LogP contribution in [-0.4, -0.2) is 163 Å². The van der Waals surface area contributed by atoms with E-state index in [0.29, 0.717) is 43.8 Å². The molecule has 0 amide bonds. The minimum atomic E-state index is -0.305. The molecule has 0 aromatic heterocycles. The molecule has 390 valence electrons. The van der Waals surface area contributed by atoms with E-state index < -0.39 is 0 Å². The fourth-order valence-electron chi connectivity index (χ4n) is 12.7. The molecule has 4 saturated heterocycles. The van der Waals surface area contributed by atoms with Gasteiger partial charge in [0, 0.05) is 94.7 Å². The van der Waals surface area contributed by atoms with Gasteiger partial charge in [0.25, 0.3) is 0 Å². The fourth-order valence-corrected chi connectivity index (χ4v) is 12.7. The Morgan fingerprint density at radius 1 is 0.446 bits per heavy atom. The monoisotopic (exact) mass is 927 g/mol. The number of β-amino-alcohol motifs (C(OH)–C–C–N with tert-alkyl or cyclic N) is 2. The van der Waals surface area contributed by atoms with Crippen LogP contribution in [0.25, 0.3) is 0 Å². The van der Waals surface area contributed by atoms with E-state index in [1.165, 1.54) is 25.7 Å². The van der Waals surface area contributed by atoms with Crippen molar-refractivity contribution in [1.82, 2.24) is 41.7 Å². The summed E-state index contributed by atoms with van der Waals surface area (Å²) >= 11 is 0. The molecule has 65 heavy (non-hydrogen) atoms. The molecule has 12 nitrogen and oxygen atoms in total. The molecule has 0 bridgehead atoms. The lowest BCUT2D eigenvalue weighted by molar-refractivity contribution is -0.0628. The number of hydrogen-bond donors (Lipinski definition) is 10. The summed E-state index contributed by atoms with van der Waals surface area (Å²) in [6.45, 7) is 51.6. The van der Waals surface area contributed by atoms with E-state index in [9.17, 15) is 20.4 Å². The van der Waals surface area contributed by atoms with Gasteiger partial charge in [0.2, 0.25) is 0 Å². The zero-order valence-corrected chi connectivity index (χ0v) is 46.7. The van der Waals surface area contributed by atoms with Crippen molar-refractivity contribution in [3.05, 3.63) is 0 Å². The van der Waals surface area contributed by atoms with Gasteiger partial charge in [0.05, 0.1) is 24.9 Å². The molecular weight excluding hydrogens is 813 g/mol. The highest BCUT2D eigenvalue weighted by molar-refractivity contribution is 5.04. The number of nitrogens with one attached hydrogen (secondary N) is 6. The molecule has 3 unspecified atom stereocenters. The maximum absolute atomic E-state index is 9.72. The Balaban J connectivity index is 0.000000436. The first kappa shape index (κ1) is 62.5. The van der Waals surface area contributed by atoms with Gasteiger partial charge in [-0.3, -0.25) is 9.80 Å². The lowest BCUT2D eigenvalue weighted by Gasteiger charge is -2.56. The van der Waals surface area contributed by atoms with Gasteiger partial charge in [-0.25, -0.2) is 0 Å². The van der Waals surface area contributed by atoms with Crippen molar-refractivity contribution in [2.75, 3.05) is 45.9 Å². The second-order valence-electron chi connectivity index (χ2n) is 26.2. The Hall–Kier alpha value is -0.480. The number of piperidine rings is 4. The third-order valence-electron chi connectivity index (χ3n) is 13.8. The van der Waals surface area contributed by atoms with Crippen LogP contribution in [-0.2, 0) is 0 Å². The lowest BCUT2D eigenvalue weighted by Crippen LogP contribution is -2.65. The van der Waals surface area contributed by atoms with Crippen molar-refractivity contribution in [3.63, 3.8) is 0 Å². The molecule has 4 rings (SSSR count). The van der Waals surface area contributed by atoms with E-state index in [2.05, 4.69) is 166 Å². The van der Waals surface area contributed by atoms with E-state index >= 15 is 0 Å². The van der Waals surface area contributed by atoms with Gasteiger partial charge in [-0.15, -0.1) is 0 Å². The molecule has 0 spiro atoms. The molecule has 4 aliphatic rings. The normalized spacial score (nSPS) is 26.5. The molecule has 4 aliphatic heterocycles. The summed E-state index contributed by atoms with van der Waals surface area (Å²) in [4.78, 5) is 4.88. The van der Waals surface area contributed by atoms with E-state index in [0.717, 1.165) is 58.2 Å². The Bertz CT molecular complexity index is 1250. The van der Waals surface area contributed by atoms with Gasteiger partial charge in [0.1, 0.15) is 0 Å². The minimum absolute atomic E-state index is 0.0507. The molecule has 10 N–H and O–H groups in total. The third kappa shape index (κ3) is 23.8. The van der Waals surface area contributed by atoms with Crippen LogP contribution in [0.5, 0.6) is 0 Å². The van der Waals surface area contributed by atoms with Crippen molar-refractivity contribution in [3.8, 4) is 0 Å². The van der Waals surface area contributed by atoms with Crippen LogP contribution in [0.4, 0.5) is 0 Å². The third-order valence-corrected chi connectivity index (χ3v) is 13.8. The van der Waals surface area contributed by atoms with Gasteiger partial charge in [-0.1, -0.05) is 13.8 Å². The van der Waals surface area contributed by atoms with E-state index in [-0.39, 0.29) is 69.2 Å². The minimum Gasteiger partial charge on any atom is -0.395 e. The van der Waals surface area contributed by atoms with Gasteiger partial charge in [0.15, 0.2) is 0 Å². The summed E-state index contributed by atoms with van der Waals surface area (Å²) < 4.78 is 0. The quantitative estimate of drug-likeness (QED) is 0.0781. The van der Waals surface area contributed by atoms with Crippen LogP contribution >= 0.6 is 0 Å². The van der Waals surface area contributed by atoms with E-state index in [1.807, 2.05) is 20.8 Å². The highest BCUT2D eigenvalue weighted by Crippen LogP contribution is 2.39. The van der Waals surface area contributed by atoms with Gasteiger partial charge in [-0.2, -0.15) is 0 Å². The SMILES string of the molecule is CC(O)CNC1CC(C)(C)N(CC(C)O)C(C)(C)C1.CC(O)CNC1CC(C)(C)NC(C)(C)C1.CCCNC1CC(C)(C)N(CCO)C(C)(C)C1.CCCNC1CC(C)(C)NC(C)(C)C1. The maximum atomic E-state index is 9.72. The van der Waals surface area contributed by atoms with Crippen LogP contribution in [0.2, 0.25) is 0 Å². The highest BCUT2D eigenvalue weighted by Gasteiger charge is 2.46. The maximum Gasteiger partial charge on any atom is 0.0639 e. The molecule has 4 fully saturated rings. The van der Waals surface area contributed by atoms with Crippen LogP contribution in [0.3, 0.4) is 0 Å². The molecule has 12 heteroatoms. The predicted molar refractivity (Wildman–Crippen MR) is 279 cm³/mol. The highest BCUT2D eigenvalue weighted by atomic mass is 16.3. The number of likely N-dealkylation sites (tertiary alicyclic amines) is 2. The van der Waals surface area contributed by atoms with Crippen molar-refractivity contribution in [2.24, 2.45) is 0 Å². The van der Waals surface area contributed by atoms with Crippen molar-refractivity contribution in [1.29, 1.82) is 0 Å². The predicted octanol–water partition coefficient (Wildman–Crippen LogP) is 6.92. The summed E-state index contributed by atoms with van der Waals surface area (Å²) in [7, 11) is 0. The zero-order valence-electron chi connectivity index (χ0n) is 46.7. The lowest BCUT2D eigenvalue weighted by atomic mass is 9.76. The molecule has 4 heterocycles. The number of aliphatic hydroxyl groups excluding tert-OH is 4. The Morgan fingerprint density at radius 2 is 0.723 bits per heavy atom. The van der Waals surface area contributed by atoms with Crippen molar-refractivity contribution in [2.45, 2.75) is 296 Å². The van der Waals surface area contributed by atoms with Crippen LogP contribution in [0.15, 0.2) is 0 Å². The first-order valence-corrected chi connectivity index (χ1v) is 26.2. The molecule has 0 radical (unpaired) electrons. The molecule has 3 atom stereocenters. The number of aliphatic hydroxyl groups is 4. The van der Waals surface area contributed by atoms with E-state index in [1.54, 1.807) is 0 Å². The van der Waals surface area contributed by atoms with Gasteiger partial charge in [-0.05, 0) is 209 Å². The van der Waals surface area contributed by atoms with Gasteiger partial charge >= 0.3 is 0 Å². The summed E-state index contributed by atoms with van der Waals surface area (Å²) in [5, 5.41) is 59.2. The summed E-state index contributed by atoms with van der Waals surface area (Å²) in [5.41, 5.74) is 1.33. The van der Waals surface area contributed by atoms with Gasteiger partial charge < -0.3 is 52.3 Å². The Kier molecular flexibility index (Phi) is 25.1. The fraction of sp³-hybridized carbons (Fsp3) is 1.00. The summed E-state index contributed by atoms with van der Waals surface area (Å²) in [6, 6.07) is 2.21. The summed E-state index contributed by atoms with van der Waals surface area (Å²) in [6.07, 6.45) is 10.6. The molecule has 0 saturated carbocycles. The number of hydrogen-bond acceptors (Lipinski definition) is 12. The second kappa shape index (κ2) is 26.1. The Labute approximate surface area is 403 Å². The average molecular weight is 928 g/mol. The van der Waals surface area contributed by atoms with Crippen LogP contribution in [0.1, 0.15) is 210 Å². The standard InChI is InChI=1S/C15H32N2O2.C14H30N2O.C12H26N2O.C12H26N2/c1-11(18)9-16-13-7-14(3,4)17(10-12(2)19)15(5,6)8-13;1-6-7-15-12-10-13(2,3)16(8-9-17)14(4,5)11-12;1-9(15)8-13-10-6-11(2,3)14-12(4,5)7-10;1-6-7-13-10-8-11(2,3)14-12(4,5)9-10/h11-13,16,18-19H,7-10H2,1-6H3;12,15,17H,6-11H2,1-5H3;9-10,13-15H,6-8H2,1-5H3;10,13-14H,6-9H2,1-5H3. The van der Waals surface area contributed by atoms with Crippen molar-refractivity contribution >= 4 is 0 Å². The smallest absolute Gasteiger partial charge is 0.0639 e. The first-order valence-electron chi connectivity index (χ1n) is 26.2. The number of nitrogens with zero attached hydrogens (tertiary/aromatic N) is 2. The first-order chi connectivity index (χ1) is 29.4. The molecule has 0 aromatic carbocycles. The topological polar surface area (TPSA) is 160 Å². The van der Waals surface area contributed by atoms with Crippen molar-refractivity contribution < 1.29 is 20.4 Å². The van der Waals surface area contributed by atoms with Crippen LogP contribution < -0.4 is 31.9 Å². The van der Waals surface area contributed by atoms with Crippen LogP contribution in [0, 0.1) is 0 Å². The zero-order chi connectivity index (χ0) is 50.5. The van der Waals surface area contributed by atoms with E-state index in [4.69, 9.17) is 0 Å². The summed E-state index contributed by atoms with van der Waals surface area (Å²) in [5.74, 6) is 0. The molecule has 0 aliphatic carbocycles.